The first kappa shape index (κ1) is 33.8. The van der Waals surface area contributed by atoms with Gasteiger partial charge in [-0.25, -0.2) is 15.0 Å². The number of aromatic nitrogens is 3. The highest BCUT2D eigenvalue weighted by molar-refractivity contribution is 6.37. The molecule has 0 bridgehead atoms. The van der Waals surface area contributed by atoms with Crippen LogP contribution in [-0.2, 0) is 0 Å². The van der Waals surface area contributed by atoms with Crippen molar-refractivity contribution in [3.63, 3.8) is 0 Å². The second-order valence-corrected chi connectivity index (χ2v) is 15.5. The Balaban J connectivity index is 1.13. The summed E-state index contributed by atoms with van der Waals surface area (Å²) in [5, 5.41) is 24.0. The van der Waals surface area contributed by atoms with Crippen LogP contribution in [0.3, 0.4) is 0 Å². The molecule has 0 saturated heterocycles. The summed E-state index contributed by atoms with van der Waals surface area (Å²) in [6.45, 7) is 0. The summed E-state index contributed by atoms with van der Waals surface area (Å²) >= 11 is 0. The summed E-state index contributed by atoms with van der Waals surface area (Å²) in [6.07, 6.45) is 0. The molecule has 1 aromatic heterocycles. The molecule has 276 valence electrons. The Morgan fingerprint density at radius 3 is 1.32 bits per heavy atom. The summed E-state index contributed by atoms with van der Waals surface area (Å²) in [5.74, 6) is 1.81. The lowest BCUT2D eigenvalue weighted by molar-refractivity contribution is 1.07. The van der Waals surface area contributed by atoms with E-state index in [0.717, 1.165) is 49.7 Å². The van der Waals surface area contributed by atoms with Crippen molar-refractivity contribution in [2.75, 3.05) is 0 Å². The van der Waals surface area contributed by atoms with Crippen molar-refractivity contribution in [3.8, 4) is 62.5 Å². The molecule has 0 aliphatic rings. The third-order valence-corrected chi connectivity index (χ3v) is 12.0. The number of nitriles is 1. The normalized spacial score (nSPS) is 11.7. The molecule has 12 rings (SSSR count). The SMILES string of the molecule is N#Cc1ccc(-c2ccc(-c3nc(-c4cccc(-c5ccccc5)c4)nc(-c4cc5ccc6cccc7c8cccc9ccc%10cccc(c(c4)c5c67)c%10c98)n3)cc2)cc1. The van der Waals surface area contributed by atoms with Crippen LogP contribution < -0.4 is 0 Å². The van der Waals surface area contributed by atoms with Crippen LogP contribution in [0.5, 0.6) is 0 Å². The average Bonchev–Trinajstić information content (AvgIpc) is 3.32. The van der Waals surface area contributed by atoms with E-state index in [9.17, 15) is 5.26 Å². The molecule has 12 aromatic rings. The first-order valence-electron chi connectivity index (χ1n) is 20.1. The highest BCUT2D eigenvalue weighted by Gasteiger charge is 2.19. The van der Waals surface area contributed by atoms with Gasteiger partial charge in [-0.2, -0.15) is 5.26 Å². The molecule has 0 unspecified atom stereocenters. The first-order chi connectivity index (χ1) is 29.7. The predicted octanol–water partition coefficient (Wildman–Crippen LogP) is 14.4. The molecule has 11 aromatic carbocycles. The fourth-order valence-electron chi connectivity index (χ4n) is 9.19. The second kappa shape index (κ2) is 13.4. The molecular weight excluding hydrogens is 729 g/mol. The molecule has 0 saturated carbocycles. The molecular formula is C56H32N4. The Labute approximate surface area is 345 Å². The minimum Gasteiger partial charge on any atom is -0.208 e. The first-order valence-corrected chi connectivity index (χ1v) is 20.1. The average molecular weight is 761 g/mol. The van der Waals surface area contributed by atoms with Gasteiger partial charge in [-0.15, -0.1) is 0 Å². The van der Waals surface area contributed by atoms with E-state index in [0.29, 0.717) is 23.0 Å². The Hall–Kier alpha value is -8.26. The van der Waals surface area contributed by atoms with E-state index < -0.39 is 0 Å². The zero-order chi connectivity index (χ0) is 39.7. The van der Waals surface area contributed by atoms with Gasteiger partial charge in [0.15, 0.2) is 17.5 Å². The summed E-state index contributed by atoms with van der Waals surface area (Å²) in [7, 11) is 0. The third kappa shape index (κ3) is 5.41. The molecule has 4 heteroatoms. The lowest BCUT2D eigenvalue weighted by Gasteiger charge is -2.17. The van der Waals surface area contributed by atoms with E-state index in [1.807, 2.05) is 30.3 Å². The maximum atomic E-state index is 9.32. The van der Waals surface area contributed by atoms with Gasteiger partial charge in [0.1, 0.15) is 0 Å². The minimum absolute atomic E-state index is 0.593. The van der Waals surface area contributed by atoms with Crippen LogP contribution in [0.2, 0.25) is 0 Å². The molecule has 0 spiro atoms. The maximum Gasteiger partial charge on any atom is 0.164 e. The second-order valence-electron chi connectivity index (χ2n) is 15.5. The zero-order valence-electron chi connectivity index (χ0n) is 32.3. The van der Waals surface area contributed by atoms with Gasteiger partial charge in [-0.05, 0) is 117 Å². The van der Waals surface area contributed by atoms with Gasteiger partial charge in [0, 0.05) is 16.7 Å². The van der Waals surface area contributed by atoms with Crippen molar-refractivity contribution in [1.29, 1.82) is 5.26 Å². The van der Waals surface area contributed by atoms with Crippen LogP contribution in [0.15, 0.2) is 194 Å². The highest BCUT2D eigenvalue weighted by atomic mass is 15.0. The molecule has 0 N–H and O–H groups in total. The van der Waals surface area contributed by atoms with Crippen LogP contribution in [0.1, 0.15) is 5.56 Å². The maximum absolute atomic E-state index is 9.32. The molecule has 0 aliphatic heterocycles. The van der Waals surface area contributed by atoms with Gasteiger partial charge in [-0.3, -0.25) is 0 Å². The summed E-state index contributed by atoms with van der Waals surface area (Å²) in [5.41, 5.74) is 7.66. The zero-order valence-corrected chi connectivity index (χ0v) is 32.3. The van der Waals surface area contributed by atoms with Crippen molar-refractivity contribution in [1.82, 2.24) is 15.0 Å². The van der Waals surface area contributed by atoms with Crippen molar-refractivity contribution in [2.24, 2.45) is 0 Å². The highest BCUT2D eigenvalue weighted by Crippen LogP contribution is 2.44. The standard InChI is InChI=1S/C56H32N4/c57-33-34-18-20-36(21-19-34)37-22-27-41(28-23-37)54-58-55(44-14-4-13-42(30-44)35-8-2-1-3-9-35)60-56(59-54)45-31-43-29-26-40-11-6-16-47-46-15-5-10-38-24-25-39-12-7-17-48(52(39)50(38)46)49(32-45)53(43)51(40)47/h1-32H. The van der Waals surface area contributed by atoms with Crippen molar-refractivity contribution < 1.29 is 0 Å². The van der Waals surface area contributed by atoms with Crippen LogP contribution in [0, 0.1) is 11.3 Å². The third-order valence-electron chi connectivity index (χ3n) is 12.0. The van der Waals surface area contributed by atoms with Gasteiger partial charge < -0.3 is 0 Å². The van der Waals surface area contributed by atoms with Gasteiger partial charge in [0.05, 0.1) is 11.6 Å². The van der Waals surface area contributed by atoms with E-state index in [2.05, 4.69) is 170 Å². The fraction of sp³-hybridized carbons (Fsp3) is 0. The van der Waals surface area contributed by atoms with Crippen LogP contribution in [0.25, 0.3) is 121 Å². The monoisotopic (exact) mass is 760 g/mol. The number of rotatable bonds is 5. The smallest absolute Gasteiger partial charge is 0.164 e. The minimum atomic E-state index is 0.593. The molecule has 4 nitrogen and oxygen atoms in total. The Kier molecular flexibility index (Phi) is 7.57. The molecule has 0 aliphatic carbocycles. The molecule has 0 fully saturated rings. The molecule has 60 heavy (non-hydrogen) atoms. The number of benzene rings is 10. The van der Waals surface area contributed by atoms with E-state index in [4.69, 9.17) is 15.0 Å². The Morgan fingerprint density at radius 2 is 0.717 bits per heavy atom. The van der Waals surface area contributed by atoms with E-state index in [-0.39, 0.29) is 0 Å². The van der Waals surface area contributed by atoms with E-state index in [1.165, 1.54) is 53.9 Å². The summed E-state index contributed by atoms with van der Waals surface area (Å²) < 4.78 is 0. The van der Waals surface area contributed by atoms with Crippen LogP contribution in [-0.4, -0.2) is 15.0 Å². The lowest BCUT2D eigenvalue weighted by Crippen LogP contribution is -2.00. The Bertz CT molecular complexity index is 3690. The molecule has 0 radical (unpaired) electrons. The summed E-state index contributed by atoms with van der Waals surface area (Å²) in [4.78, 5) is 15.7. The molecule has 1 heterocycles. The predicted molar refractivity (Wildman–Crippen MR) is 248 cm³/mol. The van der Waals surface area contributed by atoms with Gasteiger partial charge in [0.25, 0.3) is 0 Å². The molecule has 0 atom stereocenters. The number of hydrogen-bond acceptors (Lipinski definition) is 4. The van der Waals surface area contributed by atoms with Crippen molar-refractivity contribution >= 4 is 64.6 Å². The number of nitrogens with zero attached hydrogens (tertiary/aromatic N) is 4. The Morgan fingerprint density at radius 1 is 0.283 bits per heavy atom. The fourth-order valence-corrected chi connectivity index (χ4v) is 9.19. The van der Waals surface area contributed by atoms with Crippen LogP contribution in [0.4, 0.5) is 0 Å². The van der Waals surface area contributed by atoms with Gasteiger partial charge in [-0.1, -0.05) is 164 Å². The summed E-state index contributed by atoms with van der Waals surface area (Å²) in [6, 6.07) is 70.6. The quantitative estimate of drug-likeness (QED) is 0.164. The van der Waals surface area contributed by atoms with Gasteiger partial charge in [0.2, 0.25) is 0 Å². The lowest BCUT2D eigenvalue weighted by atomic mass is 9.87. The number of fused-ring (bicyclic) bond motifs is 2. The van der Waals surface area contributed by atoms with E-state index >= 15 is 0 Å². The van der Waals surface area contributed by atoms with Crippen LogP contribution >= 0.6 is 0 Å². The van der Waals surface area contributed by atoms with E-state index in [1.54, 1.807) is 0 Å². The molecule has 0 amide bonds. The van der Waals surface area contributed by atoms with Crippen molar-refractivity contribution in [2.45, 2.75) is 0 Å². The number of hydrogen-bond donors (Lipinski definition) is 0. The van der Waals surface area contributed by atoms with Crippen molar-refractivity contribution in [3.05, 3.63) is 200 Å². The topological polar surface area (TPSA) is 62.5 Å². The van der Waals surface area contributed by atoms with Gasteiger partial charge >= 0.3 is 0 Å². The largest absolute Gasteiger partial charge is 0.208 e.